The van der Waals surface area contributed by atoms with E-state index in [2.05, 4.69) is 21.3 Å². The third kappa shape index (κ3) is 4.72. The lowest BCUT2D eigenvalue weighted by molar-refractivity contribution is -0.144. The van der Waals surface area contributed by atoms with Crippen LogP contribution in [0.25, 0.3) is 0 Å². The van der Waals surface area contributed by atoms with Crippen LogP contribution >= 0.6 is 0 Å². The topological polar surface area (TPSA) is 67.4 Å². The summed E-state index contributed by atoms with van der Waals surface area (Å²) in [6.45, 7) is 1.87. The second kappa shape index (κ2) is 7.07. The van der Waals surface area contributed by atoms with Crippen molar-refractivity contribution in [3.8, 4) is 12.3 Å². The molecular weight excluding hydrogens is 244 g/mol. The minimum atomic E-state index is -0.398. The summed E-state index contributed by atoms with van der Waals surface area (Å²) in [5, 5.41) is 5.21. The first-order valence-electron chi connectivity index (χ1n) is 5.76. The Morgan fingerprint density at radius 2 is 2.21 bits per heavy atom. The Balaban J connectivity index is 2.47. The van der Waals surface area contributed by atoms with Crippen LogP contribution in [0.15, 0.2) is 24.3 Å². The van der Waals surface area contributed by atoms with Crippen molar-refractivity contribution in [1.29, 1.82) is 0 Å². The summed E-state index contributed by atoms with van der Waals surface area (Å²) < 4.78 is 4.56. The third-order valence-electron chi connectivity index (χ3n) is 2.46. The normalized spacial score (nSPS) is 11.0. The van der Waals surface area contributed by atoms with Crippen LogP contribution in [-0.4, -0.2) is 25.7 Å². The maximum absolute atomic E-state index is 11.6. The number of methoxy groups -OCH3 is 1. The predicted molar refractivity (Wildman–Crippen MR) is 72.6 cm³/mol. The van der Waals surface area contributed by atoms with Gasteiger partial charge in [-0.25, -0.2) is 4.79 Å². The average Bonchev–Trinajstić information content (AvgIpc) is 2.44. The minimum Gasteiger partial charge on any atom is -0.469 e. The molecule has 1 rings (SSSR count). The molecule has 0 spiro atoms. The van der Waals surface area contributed by atoms with E-state index in [1.807, 2.05) is 0 Å². The maximum Gasteiger partial charge on any atom is 0.319 e. The molecule has 1 aromatic rings. The number of anilines is 1. The van der Waals surface area contributed by atoms with E-state index in [1.54, 1.807) is 31.2 Å². The van der Waals surface area contributed by atoms with Crippen LogP contribution in [0.2, 0.25) is 0 Å². The Hall–Kier alpha value is -2.48. The molecule has 0 aromatic heterocycles. The van der Waals surface area contributed by atoms with E-state index in [0.717, 1.165) is 0 Å². The maximum atomic E-state index is 11.6. The van der Waals surface area contributed by atoms with Crippen molar-refractivity contribution in [3.63, 3.8) is 0 Å². The van der Waals surface area contributed by atoms with Gasteiger partial charge in [-0.3, -0.25) is 4.79 Å². The van der Waals surface area contributed by atoms with Crippen LogP contribution in [-0.2, 0) is 9.53 Å². The number of hydrogen-bond donors (Lipinski definition) is 2. The number of esters is 1. The number of nitrogens with one attached hydrogen (secondary N) is 2. The molecule has 0 aliphatic rings. The number of carbonyl (C=O) groups is 2. The van der Waals surface area contributed by atoms with Crippen molar-refractivity contribution >= 4 is 17.7 Å². The number of urea groups is 1. The second-order valence-corrected chi connectivity index (χ2v) is 3.98. The highest BCUT2D eigenvalue weighted by molar-refractivity contribution is 5.89. The zero-order chi connectivity index (χ0) is 14.3. The summed E-state index contributed by atoms with van der Waals surface area (Å²) in [6, 6.07) is 6.53. The van der Waals surface area contributed by atoms with Gasteiger partial charge in [0.05, 0.1) is 13.0 Å². The van der Waals surface area contributed by atoms with E-state index in [4.69, 9.17) is 6.42 Å². The number of carbonyl (C=O) groups excluding carboxylic acids is 2. The molecule has 2 N–H and O–H groups in total. The summed E-state index contributed by atoms with van der Waals surface area (Å²) in [7, 11) is 1.31. The molecule has 5 heteroatoms. The molecule has 0 heterocycles. The molecule has 19 heavy (non-hydrogen) atoms. The van der Waals surface area contributed by atoms with Gasteiger partial charge in [0.15, 0.2) is 0 Å². The smallest absolute Gasteiger partial charge is 0.319 e. The Labute approximate surface area is 112 Å². The van der Waals surface area contributed by atoms with Crippen LogP contribution in [0.1, 0.15) is 12.5 Å². The van der Waals surface area contributed by atoms with Crippen LogP contribution in [0.3, 0.4) is 0 Å². The number of hydrogen-bond acceptors (Lipinski definition) is 3. The molecule has 0 saturated carbocycles. The van der Waals surface area contributed by atoms with Gasteiger partial charge in [0.2, 0.25) is 0 Å². The number of terminal acetylenes is 1. The molecule has 2 amide bonds. The van der Waals surface area contributed by atoms with Crippen LogP contribution in [0.5, 0.6) is 0 Å². The van der Waals surface area contributed by atoms with Gasteiger partial charge in [-0.1, -0.05) is 18.9 Å². The zero-order valence-electron chi connectivity index (χ0n) is 10.9. The SMILES string of the molecule is C#Cc1cccc(NC(=O)NC[C@@H](C)C(=O)OC)c1. The number of benzene rings is 1. The quantitative estimate of drug-likeness (QED) is 0.638. The Kier molecular flexibility index (Phi) is 5.42. The van der Waals surface area contributed by atoms with Gasteiger partial charge in [0.1, 0.15) is 0 Å². The standard InChI is InChI=1S/C14H16N2O3/c1-4-11-6-5-7-12(8-11)16-14(18)15-9-10(2)13(17)19-3/h1,5-8,10H,9H2,2-3H3,(H2,15,16,18)/t10-/m1/s1. The zero-order valence-corrected chi connectivity index (χ0v) is 10.9. The second-order valence-electron chi connectivity index (χ2n) is 3.98. The first-order chi connectivity index (χ1) is 9.06. The number of amides is 2. The van der Waals surface area contributed by atoms with Gasteiger partial charge in [0, 0.05) is 17.8 Å². The first-order valence-corrected chi connectivity index (χ1v) is 5.76. The molecular formula is C14H16N2O3. The highest BCUT2D eigenvalue weighted by Gasteiger charge is 2.13. The Morgan fingerprint density at radius 3 is 2.84 bits per heavy atom. The van der Waals surface area contributed by atoms with E-state index < -0.39 is 11.9 Å². The lowest BCUT2D eigenvalue weighted by Crippen LogP contribution is -2.35. The molecule has 1 atom stereocenters. The Morgan fingerprint density at radius 1 is 1.47 bits per heavy atom. The van der Waals surface area contributed by atoms with Crippen molar-refractivity contribution in [3.05, 3.63) is 29.8 Å². The molecule has 0 aliphatic heterocycles. The van der Waals surface area contributed by atoms with Crippen LogP contribution < -0.4 is 10.6 Å². The predicted octanol–water partition coefficient (Wildman–Crippen LogP) is 1.60. The summed E-state index contributed by atoms with van der Waals surface area (Å²) in [5.74, 6) is 1.72. The highest BCUT2D eigenvalue weighted by atomic mass is 16.5. The van der Waals surface area contributed by atoms with E-state index in [1.165, 1.54) is 7.11 Å². The summed E-state index contributed by atoms with van der Waals surface area (Å²) in [6.07, 6.45) is 5.27. The fraction of sp³-hybridized carbons (Fsp3) is 0.286. The molecule has 100 valence electrons. The molecule has 0 saturated heterocycles. The molecule has 5 nitrogen and oxygen atoms in total. The van der Waals surface area contributed by atoms with Crippen molar-refractivity contribution < 1.29 is 14.3 Å². The van der Waals surface area contributed by atoms with Gasteiger partial charge in [-0.15, -0.1) is 6.42 Å². The summed E-state index contributed by atoms with van der Waals surface area (Å²) in [5.41, 5.74) is 1.28. The van der Waals surface area contributed by atoms with Gasteiger partial charge in [-0.2, -0.15) is 0 Å². The fourth-order valence-electron chi connectivity index (χ4n) is 1.39. The first kappa shape index (κ1) is 14.6. The fourth-order valence-corrected chi connectivity index (χ4v) is 1.39. The third-order valence-corrected chi connectivity index (χ3v) is 2.46. The van der Waals surface area contributed by atoms with E-state index in [0.29, 0.717) is 11.3 Å². The van der Waals surface area contributed by atoms with Gasteiger partial charge >= 0.3 is 12.0 Å². The van der Waals surface area contributed by atoms with Crippen molar-refractivity contribution in [1.82, 2.24) is 5.32 Å². The minimum absolute atomic E-state index is 0.202. The molecule has 0 fully saturated rings. The van der Waals surface area contributed by atoms with Gasteiger partial charge in [-0.05, 0) is 18.2 Å². The van der Waals surface area contributed by atoms with Crippen molar-refractivity contribution in [2.24, 2.45) is 5.92 Å². The van der Waals surface area contributed by atoms with Crippen LogP contribution in [0.4, 0.5) is 10.5 Å². The van der Waals surface area contributed by atoms with E-state index in [-0.39, 0.29) is 12.5 Å². The number of rotatable bonds is 4. The van der Waals surface area contributed by atoms with Gasteiger partial charge < -0.3 is 15.4 Å². The monoisotopic (exact) mass is 260 g/mol. The van der Waals surface area contributed by atoms with Crippen molar-refractivity contribution in [2.75, 3.05) is 19.0 Å². The lowest BCUT2D eigenvalue weighted by Gasteiger charge is -2.11. The Bertz CT molecular complexity index is 506. The molecule has 1 aromatic carbocycles. The van der Waals surface area contributed by atoms with Crippen molar-refractivity contribution in [2.45, 2.75) is 6.92 Å². The largest absolute Gasteiger partial charge is 0.469 e. The lowest BCUT2D eigenvalue weighted by atomic mass is 10.2. The molecule has 0 radical (unpaired) electrons. The molecule has 0 aliphatic carbocycles. The number of ether oxygens (including phenoxy) is 1. The van der Waals surface area contributed by atoms with E-state index in [9.17, 15) is 9.59 Å². The van der Waals surface area contributed by atoms with E-state index >= 15 is 0 Å². The molecule has 0 bridgehead atoms. The van der Waals surface area contributed by atoms with Crippen LogP contribution in [0, 0.1) is 18.3 Å². The highest BCUT2D eigenvalue weighted by Crippen LogP contribution is 2.09. The summed E-state index contributed by atoms with van der Waals surface area (Å²) >= 11 is 0. The molecule has 0 unspecified atom stereocenters. The average molecular weight is 260 g/mol. The summed E-state index contributed by atoms with van der Waals surface area (Å²) in [4.78, 5) is 22.8. The van der Waals surface area contributed by atoms with Gasteiger partial charge in [0.25, 0.3) is 0 Å².